The summed E-state index contributed by atoms with van der Waals surface area (Å²) in [6.07, 6.45) is 1.60. The van der Waals surface area contributed by atoms with Crippen LogP contribution in [0.3, 0.4) is 0 Å². The fourth-order valence-corrected chi connectivity index (χ4v) is 1.76. The monoisotopic (exact) mass is 238 g/mol. The Kier molecular flexibility index (Phi) is 3.43. The number of nitrogens with zero attached hydrogens (tertiary/aromatic N) is 1. The van der Waals surface area contributed by atoms with Crippen molar-refractivity contribution in [2.24, 2.45) is 5.92 Å². The average Bonchev–Trinajstić information content (AvgIpc) is 2.77. The highest BCUT2D eigenvalue weighted by atomic mass is 16.5. The third kappa shape index (κ3) is 2.65. The van der Waals surface area contributed by atoms with Crippen LogP contribution in [0.5, 0.6) is 5.88 Å². The average molecular weight is 238 g/mol. The summed E-state index contributed by atoms with van der Waals surface area (Å²) in [5, 5.41) is 12.1. The minimum absolute atomic E-state index is 0.223. The first-order valence-corrected chi connectivity index (χ1v) is 5.28. The molecule has 6 heteroatoms. The third-order valence-corrected chi connectivity index (χ3v) is 2.69. The SMILES string of the molecule is COc1cc(NC2COCC2C(=O)O)ccn1. The summed E-state index contributed by atoms with van der Waals surface area (Å²) >= 11 is 0. The van der Waals surface area contributed by atoms with Crippen LogP contribution in [-0.4, -0.2) is 42.4 Å². The fourth-order valence-electron chi connectivity index (χ4n) is 1.76. The predicted octanol–water partition coefficient (Wildman–Crippen LogP) is 0.602. The lowest BCUT2D eigenvalue weighted by atomic mass is 10.0. The van der Waals surface area contributed by atoms with Crippen LogP contribution in [0.4, 0.5) is 5.69 Å². The molecule has 2 atom stereocenters. The van der Waals surface area contributed by atoms with Gasteiger partial charge >= 0.3 is 5.97 Å². The maximum atomic E-state index is 11.0. The van der Waals surface area contributed by atoms with Crippen molar-refractivity contribution in [3.8, 4) is 5.88 Å². The van der Waals surface area contributed by atoms with Gasteiger partial charge in [0.1, 0.15) is 5.92 Å². The van der Waals surface area contributed by atoms with Crippen molar-refractivity contribution >= 4 is 11.7 Å². The van der Waals surface area contributed by atoms with Gasteiger partial charge in [-0.2, -0.15) is 0 Å². The molecule has 2 rings (SSSR count). The number of pyridine rings is 1. The molecule has 0 aliphatic carbocycles. The van der Waals surface area contributed by atoms with Crippen molar-refractivity contribution < 1.29 is 19.4 Å². The van der Waals surface area contributed by atoms with Crippen LogP contribution in [-0.2, 0) is 9.53 Å². The molecule has 17 heavy (non-hydrogen) atoms. The Morgan fingerprint density at radius 2 is 2.47 bits per heavy atom. The molecule has 1 aromatic heterocycles. The van der Waals surface area contributed by atoms with E-state index in [1.54, 1.807) is 18.3 Å². The lowest BCUT2D eigenvalue weighted by Gasteiger charge is -2.17. The molecule has 1 aliphatic rings. The van der Waals surface area contributed by atoms with Crippen molar-refractivity contribution in [2.75, 3.05) is 25.6 Å². The quantitative estimate of drug-likeness (QED) is 0.799. The second-order valence-corrected chi connectivity index (χ2v) is 3.82. The van der Waals surface area contributed by atoms with E-state index in [9.17, 15) is 4.79 Å². The number of carboxylic acids is 1. The van der Waals surface area contributed by atoms with Gasteiger partial charge in [0.25, 0.3) is 0 Å². The zero-order chi connectivity index (χ0) is 12.3. The number of aliphatic carboxylic acids is 1. The number of rotatable bonds is 4. The predicted molar refractivity (Wildman–Crippen MR) is 60.1 cm³/mol. The molecule has 2 unspecified atom stereocenters. The summed E-state index contributed by atoms with van der Waals surface area (Å²) in [5.74, 6) is -0.879. The highest BCUT2D eigenvalue weighted by Gasteiger charge is 2.33. The van der Waals surface area contributed by atoms with E-state index in [1.807, 2.05) is 0 Å². The van der Waals surface area contributed by atoms with Crippen molar-refractivity contribution in [1.29, 1.82) is 0 Å². The van der Waals surface area contributed by atoms with Gasteiger partial charge in [-0.1, -0.05) is 0 Å². The Balaban J connectivity index is 2.06. The molecule has 0 saturated carbocycles. The lowest BCUT2D eigenvalue weighted by molar-refractivity contribution is -0.141. The largest absolute Gasteiger partial charge is 0.481 e. The number of aromatic nitrogens is 1. The van der Waals surface area contributed by atoms with Gasteiger partial charge in [-0.15, -0.1) is 0 Å². The zero-order valence-electron chi connectivity index (χ0n) is 9.42. The fraction of sp³-hybridized carbons (Fsp3) is 0.455. The molecule has 0 radical (unpaired) electrons. The van der Waals surface area contributed by atoms with E-state index >= 15 is 0 Å². The van der Waals surface area contributed by atoms with Crippen LogP contribution < -0.4 is 10.1 Å². The molecule has 1 fully saturated rings. The maximum Gasteiger partial charge on any atom is 0.311 e. The molecule has 2 heterocycles. The molecule has 1 aliphatic heterocycles. The van der Waals surface area contributed by atoms with Gasteiger partial charge < -0.3 is 19.9 Å². The molecule has 6 nitrogen and oxygen atoms in total. The lowest BCUT2D eigenvalue weighted by Crippen LogP contribution is -2.33. The third-order valence-electron chi connectivity index (χ3n) is 2.69. The summed E-state index contributed by atoms with van der Waals surface area (Å²) in [5.41, 5.74) is 0.776. The van der Waals surface area contributed by atoms with Gasteiger partial charge in [-0.25, -0.2) is 4.98 Å². The molecule has 2 N–H and O–H groups in total. The minimum Gasteiger partial charge on any atom is -0.481 e. The van der Waals surface area contributed by atoms with Crippen LogP contribution in [0.25, 0.3) is 0 Å². The van der Waals surface area contributed by atoms with Gasteiger partial charge in [0.05, 0.1) is 26.4 Å². The molecule has 0 aromatic carbocycles. The summed E-state index contributed by atoms with van der Waals surface area (Å²) < 4.78 is 10.2. The van der Waals surface area contributed by atoms with Gasteiger partial charge in [-0.05, 0) is 6.07 Å². The van der Waals surface area contributed by atoms with Crippen LogP contribution in [0.15, 0.2) is 18.3 Å². The topological polar surface area (TPSA) is 80.7 Å². The first-order valence-electron chi connectivity index (χ1n) is 5.28. The molecule has 92 valence electrons. The van der Waals surface area contributed by atoms with Crippen molar-refractivity contribution in [3.63, 3.8) is 0 Å². The van der Waals surface area contributed by atoms with Crippen LogP contribution in [0, 0.1) is 5.92 Å². The van der Waals surface area contributed by atoms with E-state index in [4.69, 9.17) is 14.6 Å². The van der Waals surface area contributed by atoms with E-state index in [2.05, 4.69) is 10.3 Å². The number of nitrogens with one attached hydrogen (secondary N) is 1. The Hall–Kier alpha value is -1.82. The number of hydrogen-bond donors (Lipinski definition) is 2. The molecule has 1 saturated heterocycles. The molecular formula is C11H14N2O4. The van der Waals surface area contributed by atoms with Gasteiger partial charge in [0.2, 0.25) is 5.88 Å². The van der Waals surface area contributed by atoms with E-state index in [-0.39, 0.29) is 12.6 Å². The molecule has 1 aromatic rings. The van der Waals surface area contributed by atoms with E-state index in [1.165, 1.54) is 7.11 Å². The number of methoxy groups -OCH3 is 1. The number of anilines is 1. The summed E-state index contributed by atoms with van der Waals surface area (Å²) in [4.78, 5) is 14.9. The Morgan fingerprint density at radius 1 is 1.65 bits per heavy atom. The first kappa shape index (κ1) is 11.7. The summed E-state index contributed by atoms with van der Waals surface area (Å²) in [6, 6.07) is 3.26. The number of hydrogen-bond acceptors (Lipinski definition) is 5. The Morgan fingerprint density at radius 3 is 3.18 bits per heavy atom. The van der Waals surface area contributed by atoms with Gasteiger partial charge in [-0.3, -0.25) is 4.79 Å². The minimum atomic E-state index is -0.846. The standard InChI is InChI=1S/C11H14N2O4/c1-16-10-4-7(2-3-12-10)13-9-6-17-5-8(9)11(14)15/h2-4,8-9H,5-6H2,1H3,(H,12,13)(H,14,15). The van der Waals surface area contributed by atoms with E-state index in [0.717, 1.165) is 5.69 Å². The van der Waals surface area contributed by atoms with Gasteiger partial charge in [0.15, 0.2) is 0 Å². The second kappa shape index (κ2) is 5.01. The smallest absolute Gasteiger partial charge is 0.311 e. The highest BCUT2D eigenvalue weighted by Crippen LogP contribution is 2.21. The van der Waals surface area contributed by atoms with Crippen molar-refractivity contribution in [2.45, 2.75) is 6.04 Å². The number of carbonyl (C=O) groups is 1. The second-order valence-electron chi connectivity index (χ2n) is 3.82. The van der Waals surface area contributed by atoms with Gasteiger partial charge in [0, 0.05) is 18.0 Å². The molecular weight excluding hydrogens is 224 g/mol. The Labute approximate surface area is 98.6 Å². The van der Waals surface area contributed by atoms with Crippen LogP contribution in [0.2, 0.25) is 0 Å². The van der Waals surface area contributed by atoms with E-state index < -0.39 is 11.9 Å². The van der Waals surface area contributed by atoms with Crippen molar-refractivity contribution in [1.82, 2.24) is 4.98 Å². The maximum absolute atomic E-state index is 11.0. The van der Waals surface area contributed by atoms with Crippen LogP contribution in [0.1, 0.15) is 0 Å². The molecule has 0 spiro atoms. The van der Waals surface area contributed by atoms with E-state index in [0.29, 0.717) is 12.5 Å². The van der Waals surface area contributed by atoms with Crippen LogP contribution >= 0.6 is 0 Å². The summed E-state index contributed by atoms with van der Waals surface area (Å²) in [6.45, 7) is 0.636. The number of ether oxygens (including phenoxy) is 2. The molecule has 0 amide bonds. The summed E-state index contributed by atoms with van der Waals surface area (Å²) in [7, 11) is 1.53. The normalized spacial score (nSPS) is 23.4. The first-order chi connectivity index (χ1) is 8.20. The molecule has 0 bridgehead atoms. The Bertz CT molecular complexity index is 410. The zero-order valence-corrected chi connectivity index (χ0v) is 9.42. The van der Waals surface area contributed by atoms with Crippen molar-refractivity contribution in [3.05, 3.63) is 18.3 Å². The number of carboxylic acid groups (broad SMARTS) is 1. The highest BCUT2D eigenvalue weighted by molar-refractivity contribution is 5.72.